The summed E-state index contributed by atoms with van der Waals surface area (Å²) in [6.07, 6.45) is 4.58. The normalized spacial score (nSPS) is 30.6. The van der Waals surface area contributed by atoms with Crippen molar-refractivity contribution >= 4 is 11.9 Å². The molecule has 3 aliphatic rings. The molecule has 0 saturated heterocycles. The first kappa shape index (κ1) is 21.2. The number of aryl methyl sites for hydroxylation is 1. The van der Waals surface area contributed by atoms with Crippen LogP contribution in [0.4, 0.5) is 0 Å². The van der Waals surface area contributed by atoms with Gasteiger partial charge in [0.25, 0.3) is 0 Å². The van der Waals surface area contributed by atoms with Crippen molar-refractivity contribution in [2.75, 3.05) is 0 Å². The van der Waals surface area contributed by atoms with Gasteiger partial charge < -0.3 is 15.2 Å². The largest absolute Gasteiger partial charge is 0.455 e. The van der Waals surface area contributed by atoms with Gasteiger partial charge in [-0.25, -0.2) is 9.59 Å². The molecule has 3 saturated carbocycles. The number of esters is 2. The predicted octanol–water partition coefficient (Wildman–Crippen LogP) is 4.66. The lowest BCUT2D eigenvalue weighted by atomic mass is 9.69. The third kappa shape index (κ3) is 4.06. The van der Waals surface area contributed by atoms with Gasteiger partial charge in [0.2, 0.25) is 0 Å². The second kappa shape index (κ2) is 8.70. The van der Waals surface area contributed by atoms with Crippen LogP contribution in [-0.2, 0) is 16.0 Å². The molecule has 32 heavy (non-hydrogen) atoms. The molecule has 0 aliphatic heterocycles. The van der Waals surface area contributed by atoms with Gasteiger partial charge >= 0.3 is 11.9 Å². The SMILES string of the molecule is Cc1ccc(C(=O)OC2CC3C4CCC(C4)C3CC2OC(=O)c2ccc(CN)cc2)cc1. The van der Waals surface area contributed by atoms with E-state index in [2.05, 4.69) is 0 Å². The van der Waals surface area contributed by atoms with E-state index in [9.17, 15) is 9.59 Å². The van der Waals surface area contributed by atoms with Crippen molar-refractivity contribution in [3.8, 4) is 0 Å². The zero-order chi connectivity index (χ0) is 22.2. The molecule has 5 nitrogen and oxygen atoms in total. The van der Waals surface area contributed by atoms with E-state index in [0.29, 0.717) is 29.5 Å². The highest BCUT2D eigenvalue weighted by Gasteiger charge is 2.53. The topological polar surface area (TPSA) is 78.6 Å². The highest BCUT2D eigenvalue weighted by Crippen LogP contribution is 2.58. The molecule has 0 aromatic heterocycles. The van der Waals surface area contributed by atoms with Crippen LogP contribution in [-0.4, -0.2) is 24.1 Å². The second-order valence-corrected chi connectivity index (χ2v) is 9.79. The first-order chi connectivity index (χ1) is 15.5. The first-order valence-electron chi connectivity index (χ1n) is 11.8. The molecule has 0 amide bonds. The summed E-state index contributed by atoms with van der Waals surface area (Å²) in [7, 11) is 0. The summed E-state index contributed by atoms with van der Waals surface area (Å²) in [5, 5.41) is 0. The van der Waals surface area contributed by atoms with Crippen molar-refractivity contribution in [1.82, 2.24) is 0 Å². The molecule has 6 atom stereocenters. The van der Waals surface area contributed by atoms with Crippen LogP contribution in [0.25, 0.3) is 0 Å². The number of fused-ring (bicyclic) bond motifs is 5. The fourth-order valence-electron chi connectivity index (χ4n) is 6.23. The minimum atomic E-state index is -0.410. The van der Waals surface area contributed by atoms with Gasteiger partial charge in [0.1, 0.15) is 12.2 Å². The molecule has 2 aromatic rings. The minimum absolute atomic E-state index is 0.343. The summed E-state index contributed by atoms with van der Waals surface area (Å²) in [5.74, 6) is 1.89. The number of carbonyl (C=O) groups is 2. The molecule has 3 aliphatic carbocycles. The summed E-state index contributed by atoms with van der Waals surface area (Å²) >= 11 is 0. The monoisotopic (exact) mass is 433 g/mol. The average Bonchev–Trinajstić information content (AvgIpc) is 3.42. The minimum Gasteiger partial charge on any atom is -0.455 e. The van der Waals surface area contributed by atoms with Gasteiger partial charge in [-0.1, -0.05) is 29.8 Å². The van der Waals surface area contributed by atoms with Crippen LogP contribution in [0.15, 0.2) is 48.5 Å². The maximum Gasteiger partial charge on any atom is 0.338 e. The third-order valence-electron chi connectivity index (χ3n) is 7.93. The van der Waals surface area contributed by atoms with E-state index in [1.165, 1.54) is 19.3 Å². The lowest BCUT2D eigenvalue weighted by Gasteiger charge is -2.42. The lowest BCUT2D eigenvalue weighted by Crippen LogP contribution is -2.45. The van der Waals surface area contributed by atoms with E-state index < -0.39 is 12.2 Å². The predicted molar refractivity (Wildman–Crippen MR) is 121 cm³/mol. The van der Waals surface area contributed by atoms with E-state index in [4.69, 9.17) is 15.2 Å². The first-order valence-corrected chi connectivity index (χ1v) is 11.8. The molecule has 2 N–H and O–H groups in total. The fraction of sp³-hybridized carbons (Fsp3) is 0.481. The molecular formula is C27H31NO4. The van der Waals surface area contributed by atoms with E-state index in [0.717, 1.165) is 35.8 Å². The van der Waals surface area contributed by atoms with E-state index in [1.54, 1.807) is 24.3 Å². The Morgan fingerprint density at radius 3 is 1.72 bits per heavy atom. The van der Waals surface area contributed by atoms with Gasteiger partial charge in [-0.2, -0.15) is 0 Å². The molecule has 168 valence electrons. The van der Waals surface area contributed by atoms with E-state index in [1.807, 2.05) is 31.2 Å². The smallest absolute Gasteiger partial charge is 0.338 e. The van der Waals surface area contributed by atoms with Crippen LogP contribution in [0, 0.1) is 30.6 Å². The molecule has 2 bridgehead atoms. The van der Waals surface area contributed by atoms with Crippen LogP contribution >= 0.6 is 0 Å². The second-order valence-electron chi connectivity index (χ2n) is 9.79. The van der Waals surface area contributed by atoms with Crippen molar-refractivity contribution in [3.63, 3.8) is 0 Å². The molecule has 6 unspecified atom stereocenters. The molecule has 0 spiro atoms. The van der Waals surface area contributed by atoms with Crippen LogP contribution in [0.3, 0.4) is 0 Å². The molecule has 3 fully saturated rings. The summed E-state index contributed by atoms with van der Waals surface area (Å²) in [5.41, 5.74) is 8.76. The van der Waals surface area contributed by atoms with Gasteiger partial charge in [0.05, 0.1) is 11.1 Å². The number of rotatable bonds is 5. The fourth-order valence-corrected chi connectivity index (χ4v) is 6.23. The van der Waals surface area contributed by atoms with Crippen LogP contribution < -0.4 is 5.73 Å². The quantitative estimate of drug-likeness (QED) is 0.694. The van der Waals surface area contributed by atoms with Crippen LogP contribution in [0.1, 0.15) is 63.9 Å². The number of hydrogen-bond acceptors (Lipinski definition) is 5. The molecule has 5 rings (SSSR count). The maximum atomic E-state index is 12.9. The van der Waals surface area contributed by atoms with E-state index in [-0.39, 0.29) is 11.9 Å². The molecule has 0 heterocycles. The van der Waals surface area contributed by atoms with Gasteiger partial charge in [-0.15, -0.1) is 0 Å². The number of ether oxygens (including phenoxy) is 2. The average molecular weight is 434 g/mol. The molecule has 0 radical (unpaired) electrons. The van der Waals surface area contributed by atoms with E-state index >= 15 is 0 Å². The number of carbonyl (C=O) groups excluding carboxylic acids is 2. The number of nitrogens with two attached hydrogens (primary N) is 1. The Balaban J connectivity index is 1.33. The summed E-state index contributed by atoms with van der Waals surface area (Å²) in [6, 6.07) is 14.6. The van der Waals surface area contributed by atoms with Gasteiger partial charge in [-0.3, -0.25) is 0 Å². The highest BCUT2D eigenvalue weighted by molar-refractivity contribution is 5.90. The summed E-state index contributed by atoms with van der Waals surface area (Å²) < 4.78 is 12.0. The Kier molecular flexibility index (Phi) is 5.76. The molecule has 2 aromatic carbocycles. The van der Waals surface area contributed by atoms with Gasteiger partial charge in [0.15, 0.2) is 0 Å². The van der Waals surface area contributed by atoms with Crippen LogP contribution in [0.2, 0.25) is 0 Å². The van der Waals surface area contributed by atoms with Crippen molar-refractivity contribution in [1.29, 1.82) is 0 Å². The van der Waals surface area contributed by atoms with Crippen molar-refractivity contribution in [2.45, 2.75) is 57.8 Å². The maximum absolute atomic E-state index is 12.9. The Hall–Kier alpha value is -2.66. The highest BCUT2D eigenvalue weighted by atomic mass is 16.6. The Morgan fingerprint density at radius 1 is 0.781 bits per heavy atom. The third-order valence-corrected chi connectivity index (χ3v) is 7.93. The molecular weight excluding hydrogens is 402 g/mol. The van der Waals surface area contributed by atoms with Gasteiger partial charge in [0, 0.05) is 6.54 Å². The van der Waals surface area contributed by atoms with Gasteiger partial charge in [-0.05, 0) is 92.5 Å². The zero-order valence-corrected chi connectivity index (χ0v) is 18.5. The zero-order valence-electron chi connectivity index (χ0n) is 18.5. The van der Waals surface area contributed by atoms with Crippen molar-refractivity contribution in [3.05, 3.63) is 70.8 Å². The standard InChI is InChI=1S/C27H31NO4/c1-16-2-6-18(7-3-16)26(29)31-24-13-22-20-10-11-21(12-20)23(22)14-25(24)32-27(30)19-8-4-17(15-28)5-9-19/h2-9,20-25H,10-15,28H2,1H3. The van der Waals surface area contributed by atoms with Crippen molar-refractivity contribution < 1.29 is 19.1 Å². The summed E-state index contributed by atoms with van der Waals surface area (Å²) in [6.45, 7) is 2.42. The summed E-state index contributed by atoms with van der Waals surface area (Å²) in [4.78, 5) is 25.8. The molecule has 5 heteroatoms. The van der Waals surface area contributed by atoms with Crippen LogP contribution in [0.5, 0.6) is 0 Å². The Bertz CT molecular complexity index is 984. The van der Waals surface area contributed by atoms with Crippen molar-refractivity contribution in [2.24, 2.45) is 29.4 Å². The lowest BCUT2D eigenvalue weighted by molar-refractivity contribution is -0.0822. The number of benzene rings is 2. The Labute approximate surface area is 189 Å². The Morgan fingerprint density at radius 2 is 1.25 bits per heavy atom. The number of hydrogen-bond donors (Lipinski definition) is 1.